The summed E-state index contributed by atoms with van der Waals surface area (Å²) in [5, 5.41) is 9.96. The van der Waals surface area contributed by atoms with E-state index in [1.165, 1.54) is 0 Å². The Hall–Kier alpha value is -2.25. The normalized spacial score (nSPS) is 17.6. The zero-order valence-electron chi connectivity index (χ0n) is 14.4. The van der Waals surface area contributed by atoms with Gasteiger partial charge >= 0.3 is 0 Å². The Kier molecular flexibility index (Phi) is 4.92. The van der Waals surface area contributed by atoms with Gasteiger partial charge in [-0.25, -0.2) is 4.98 Å². The number of carbonyl (C=O) groups excluding carboxylic acids is 1. The first-order valence-corrected chi connectivity index (χ1v) is 8.26. The molecular formula is C17H24N6O. The summed E-state index contributed by atoms with van der Waals surface area (Å²) >= 11 is 0. The van der Waals surface area contributed by atoms with Gasteiger partial charge in [-0.3, -0.25) is 14.8 Å². The van der Waals surface area contributed by atoms with Gasteiger partial charge in [0.2, 0.25) is 5.91 Å². The first-order chi connectivity index (χ1) is 11.5. The summed E-state index contributed by atoms with van der Waals surface area (Å²) in [6, 6.07) is 7.47. The number of benzene rings is 1. The van der Waals surface area contributed by atoms with Gasteiger partial charge in [0.15, 0.2) is 5.82 Å². The minimum Gasteiger partial charge on any atom is -0.325 e. The fraction of sp³-hybridized carbons (Fsp3) is 0.471. The van der Waals surface area contributed by atoms with Gasteiger partial charge < -0.3 is 10.2 Å². The van der Waals surface area contributed by atoms with Gasteiger partial charge in [0.1, 0.15) is 5.82 Å². The third-order valence-corrected chi connectivity index (χ3v) is 4.47. The predicted molar refractivity (Wildman–Crippen MR) is 93.7 cm³/mol. The fourth-order valence-electron chi connectivity index (χ4n) is 2.80. The van der Waals surface area contributed by atoms with E-state index < -0.39 is 0 Å². The van der Waals surface area contributed by atoms with Crippen LogP contribution in [0.2, 0.25) is 0 Å². The van der Waals surface area contributed by atoms with Crippen molar-refractivity contribution in [3.63, 3.8) is 0 Å². The quantitative estimate of drug-likeness (QED) is 0.886. The van der Waals surface area contributed by atoms with Gasteiger partial charge in [-0.2, -0.15) is 5.10 Å². The molecule has 0 radical (unpaired) electrons. The predicted octanol–water partition coefficient (Wildman–Crippen LogP) is 1.35. The summed E-state index contributed by atoms with van der Waals surface area (Å²) in [5.41, 5.74) is 1.71. The Balaban J connectivity index is 1.60. The van der Waals surface area contributed by atoms with Gasteiger partial charge in [-0.15, -0.1) is 0 Å². The summed E-state index contributed by atoms with van der Waals surface area (Å²) in [5.74, 6) is 1.47. The highest BCUT2D eigenvalue weighted by molar-refractivity contribution is 5.94. The second-order valence-electron chi connectivity index (χ2n) is 6.33. The maximum Gasteiger partial charge on any atom is 0.241 e. The van der Waals surface area contributed by atoms with Crippen molar-refractivity contribution in [2.24, 2.45) is 0 Å². The number of likely N-dealkylation sites (N-methyl/N-ethyl adjacent to an activating group) is 1. The minimum atomic E-state index is -0.131. The van der Waals surface area contributed by atoms with Crippen molar-refractivity contribution in [2.75, 3.05) is 38.5 Å². The second-order valence-corrected chi connectivity index (χ2v) is 6.33. The van der Waals surface area contributed by atoms with Crippen LogP contribution in [-0.4, -0.2) is 70.2 Å². The van der Waals surface area contributed by atoms with Crippen LogP contribution in [0.25, 0.3) is 11.4 Å². The number of amides is 1. The van der Waals surface area contributed by atoms with Crippen molar-refractivity contribution in [1.82, 2.24) is 25.0 Å². The molecule has 7 nitrogen and oxygen atoms in total. The van der Waals surface area contributed by atoms with E-state index in [0.29, 0.717) is 5.82 Å². The van der Waals surface area contributed by atoms with Gasteiger partial charge in [-0.1, -0.05) is 0 Å². The smallest absolute Gasteiger partial charge is 0.241 e. The summed E-state index contributed by atoms with van der Waals surface area (Å²) in [7, 11) is 2.11. The van der Waals surface area contributed by atoms with Crippen molar-refractivity contribution in [1.29, 1.82) is 0 Å². The fourth-order valence-corrected chi connectivity index (χ4v) is 2.80. The molecule has 1 aromatic heterocycles. The standard InChI is InChI=1S/C17H24N6O/c1-12(23-10-8-22(3)9-11-23)17(24)19-15-6-4-14(5-7-15)16-18-13(2)20-21-16/h4-7,12H,8-11H2,1-3H3,(H,19,24)(H,18,20,21)/t12-/m1/s1. The Morgan fingerprint density at radius 3 is 2.46 bits per heavy atom. The number of rotatable bonds is 4. The Morgan fingerprint density at radius 2 is 1.88 bits per heavy atom. The number of nitrogens with one attached hydrogen (secondary N) is 2. The average molecular weight is 328 g/mol. The number of nitrogens with zero attached hydrogens (tertiary/aromatic N) is 4. The number of hydrogen-bond acceptors (Lipinski definition) is 5. The van der Waals surface area contributed by atoms with E-state index in [-0.39, 0.29) is 11.9 Å². The van der Waals surface area contributed by atoms with Crippen molar-refractivity contribution in [3.8, 4) is 11.4 Å². The lowest BCUT2D eigenvalue weighted by Gasteiger charge is -2.35. The molecular weight excluding hydrogens is 304 g/mol. The van der Waals surface area contributed by atoms with E-state index in [0.717, 1.165) is 43.3 Å². The zero-order valence-corrected chi connectivity index (χ0v) is 14.4. The number of piperazine rings is 1. The Labute approximate surface area is 142 Å². The molecule has 0 bridgehead atoms. The number of aromatic nitrogens is 3. The zero-order chi connectivity index (χ0) is 17.1. The SMILES string of the molecule is Cc1nc(-c2ccc(NC(=O)[C@@H](C)N3CCN(C)CC3)cc2)n[nH]1. The molecule has 2 N–H and O–H groups in total. The largest absolute Gasteiger partial charge is 0.325 e. The molecule has 1 saturated heterocycles. The van der Waals surface area contributed by atoms with Crippen LogP contribution in [0.1, 0.15) is 12.7 Å². The van der Waals surface area contributed by atoms with E-state index in [2.05, 4.69) is 37.3 Å². The summed E-state index contributed by atoms with van der Waals surface area (Å²) in [6.07, 6.45) is 0. The van der Waals surface area contributed by atoms with E-state index in [1.807, 2.05) is 38.1 Å². The number of carbonyl (C=O) groups is 1. The van der Waals surface area contributed by atoms with Crippen LogP contribution in [-0.2, 0) is 4.79 Å². The monoisotopic (exact) mass is 328 g/mol. The average Bonchev–Trinajstić information content (AvgIpc) is 3.02. The molecule has 1 atom stereocenters. The molecule has 0 aliphatic carbocycles. The molecule has 1 aromatic carbocycles. The summed E-state index contributed by atoms with van der Waals surface area (Å²) in [6.45, 7) is 7.68. The lowest BCUT2D eigenvalue weighted by Crippen LogP contribution is -2.51. The van der Waals surface area contributed by atoms with Gasteiger partial charge in [0.05, 0.1) is 6.04 Å². The Morgan fingerprint density at radius 1 is 1.21 bits per heavy atom. The molecule has 0 unspecified atom stereocenters. The van der Waals surface area contributed by atoms with E-state index in [1.54, 1.807) is 0 Å². The molecule has 2 heterocycles. The van der Waals surface area contributed by atoms with Crippen molar-refractivity contribution >= 4 is 11.6 Å². The summed E-state index contributed by atoms with van der Waals surface area (Å²) in [4.78, 5) is 21.3. The first-order valence-electron chi connectivity index (χ1n) is 8.26. The third kappa shape index (κ3) is 3.80. The second kappa shape index (κ2) is 7.11. The minimum absolute atomic E-state index is 0.0287. The molecule has 0 spiro atoms. The van der Waals surface area contributed by atoms with Gasteiger partial charge in [0, 0.05) is 37.4 Å². The number of aromatic amines is 1. The van der Waals surface area contributed by atoms with Crippen LogP contribution in [0.4, 0.5) is 5.69 Å². The first kappa shape index (κ1) is 16.6. The highest BCUT2D eigenvalue weighted by Crippen LogP contribution is 2.18. The van der Waals surface area contributed by atoms with Gasteiger partial charge in [-0.05, 0) is 45.2 Å². The molecule has 1 fully saturated rings. The van der Waals surface area contributed by atoms with Crippen molar-refractivity contribution in [3.05, 3.63) is 30.1 Å². The van der Waals surface area contributed by atoms with Crippen LogP contribution in [0.15, 0.2) is 24.3 Å². The van der Waals surface area contributed by atoms with E-state index in [4.69, 9.17) is 0 Å². The number of aryl methyl sites for hydroxylation is 1. The molecule has 3 rings (SSSR count). The van der Waals surface area contributed by atoms with Crippen LogP contribution < -0.4 is 5.32 Å². The number of H-pyrrole nitrogens is 1. The van der Waals surface area contributed by atoms with E-state index in [9.17, 15) is 4.79 Å². The van der Waals surface area contributed by atoms with Crippen LogP contribution in [0, 0.1) is 6.92 Å². The lowest BCUT2D eigenvalue weighted by molar-refractivity contribution is -0.121. The molecule has 1 amide bonds. The third-order valence-electron chi connectivity index (χ3n) is 4.47. The molecule has 0 saturated carbocycles. The van der Waals surface area contributed by atoms with E-state index >= 15 is 0 Å². The number of hydrogen-bond donors (Lipinski definition) is 2. The van der Waals surface area contributed by atoms with Crippen LogP contribution in [0.3, 0.4) is 0 Å². The maximum atomic E-state index is 12.5. The molecule has 1 aliphatic heterocycles. The van der Waals surface area contributed by atoms with Crippen molar-refractivity contribution < 1.29 is 4.79 Å². The van der Waals surface area contributed by atoms with Crippen LogP contribution in [0.5, 0.6) is 0 Å². The van der Waals surface area contributed by atoms with Gasteiger partial charge in [0.25, 0.3) is 0 Å². The Bertz CT molecular complexity index is 687. The molecule has 2 aromatic rings. The molecule has 128 valence electrons. The van der Waals surface area contributed by atoms with Crippen molar-refractivity contribution in [2.45, 2.75) is 19.9 Å². The molecule has 7 heteroatoms. The highest BCUT2D eigenvalue weighted by atomic mass is 16.2. The highest BCUT2D eigenvalue weighted by Gasteiger charge is 2.24. The number of anilines is 1. The van der Waals surface area contributed by atoms with Crippen LogP contribution >= 0.6 is 0 Å². The summed E-state index contributed by atoms with van der Waals surface area (Å²) < 4.78 is 0. The molecule has 1 aliphatic rings. The topological polar surface area (TPSA) is 77.2 Å². The molecule has 24 heavy (non-hydrogen) atoms. The lowest BCUT2D eigenvalue weighted by atomic mass is 10.1. The maximum absolute atomic E-state index is 12.5.